The molecule has 2 aromatic rings. The summed E-state index contributed by atoms with van der Waals surface area (Å²) in [7, 11) is -9.54. The molecule has 1 aliphatic carbocycles. The average molecular weight is 527 g/mol. The summed E-state index contributed by atoms with van der Waals surface area (Å²) in [5.41, 5.74) is 4.42. The van der Waals surface area contributed by atoms with E-state index in [1.54, 1.807) is 24.3 Å². The number of anilines is 1. The maximum absolute atomic E-state index is 12.3. The van der Waals surface area contributed by atoms with Gasteiger partial charge in [-0.15, -0.1) is 0 Å². The van der Waals surface area contributed by atoms with Gasteiger partial charge in [0.1, 0.15) is 4.90 Å². The molecular formula is C24H27N2NaO6S2. The molecule has 0 bridgehead atoms. The first-order valence-electron chi connectivity index (χ1n) is 10.5. The van der Waals surface area contributed by atoms with Gasteiger partial charge in [-0.1, -0.05) is 24.3 Å². The summed E-state index contributed by atoms with van der Waals surface area (Å²) in [6.07, 6.45) is 7.14. The van der Waals surface area contributed by atoms with Crippen LogP contribution in [-0.2, 0) is 20.2 Å². The number of hydrogen-bond donors (Lipinski definition) is 3. The van der Waals surface area contributed by atoms with Crippen LogP contribution in [-0.4, -0.2) is 74.3 Å². The third-order valence-corrected chi connectivity index (χ3v) is 6.92. The first-order valence-corrected chi connectivity index (χ1v) is 13.4. The standard InChI is InChI=1S/C24H26N2O6S2.Na.H/c1-4-25-19-9-6-17(7-10-19)24(18-8-13-22(26-5-2)16(3)14-18)21-12-11-20(33(27,28)29)15-23(21)34(30,31)32;;/h6-15,26H,4-5H2,1-3H3,(H,27,28,29)(H,30,31,32);;. The van der Waals surface area contributed by atoms with Crippen molar-refractivity contribution >= 4 is 66.8 Å². The number of aryl methyl sites for hydroxylation is 1. The molecule has 1 aliphatic rings. The van der Waals surface area contributed by atoms with E-state index in [1.807, 2.05) is 39.0 Å². The molecule has 0 saturated carbocycles. The molecule has 0 aromatic heterocycles. The van der Waals surface area contributed by atoms with E-state index in [4.69, 9.17) is 0 Å². The Morgan fingerprint density at radius 1 is 0.914 bits per heavy atom. The summed E-state index contributed by atoms with van der Waals surface area (Å²) in [6.45, 7) is 7.12. The van der Waals surface area contributed by atoms with Crippen molar-refractivity contribution < 1.29 is 25.9 Å². The molecule has 0 heterocycles. The molecule has 0 atom stereocenters. The Hall–Kier alpha value is -2.05. The van der Waals surface area contributed by atoms with Crippen LogP contribution in [0.1, 0.15) is 30.5 Å². The molecule has 0 saturated heterocycles. The number of allylic oxidation sites excluding steroid dienone is 5. The van der Waals surface area contributed by atoms with Gasteiger partial charge in [0.15, 0.2) is 0 Å². The minimum absolute atomic E-state index is 0. The quantitative estimate of drug-likeness (QED) is 0.370. The topological polar surface area (TPSA) is 133 Å². The number of nitrogens with zero attached hydrogens (tertiary/aromatic N) is 1. The summed E-state index contributed by atoms with van der Waals surface area (Å²) < 4.78 is 67.2. The van der Waals surface area contributed by atoms with Gasteiger partial charge in [-0.2, -0.15) is 16.8 Å². The second-order valence-corrected chi connectivity index (χ2v) is 10.4. The van der Waals surface area contributed by atoms with Crippen molar-refractivity contribution in [2.45, 2.75) is 30.6 Å². The third-order valence-electron chi connectivity index (χ3n) is 5.18. The van der Waals surface area contributed by atoms with Crippen molar-refractivity contribution in [1.29, 1.82) is 0 Å². The Labute approximate surface area is 228 Å². The van der Waals surface area contributed by atoms with Crippen LogP contribution in [0.5, 0.6) is 0 Å². The Morgan fingerprint density at radius 2 is 1.57 bits per heavy atom. The molecule has 3 rings (SSSR count). The molecule has 11 heteroatoms. The van der Waals surface area contributed by atoms with Gasteiger partial charge in [-0.3, -0.25) is 14.1 Å². The fourth-order valence-corrected chi connectivity index (χ4v) is 4.99. The molecule has 8 nitrogen and oxygen atoms in total. The van der Waals surface area contributed by atoms with Crippen molar-refractivity contribution in [3.63, 3.8) is 0 Å². The van der Waals surface area contributed by atoms with Gasteiger partial charge in [-0.25, -0.2) is 0 Å². The summed E-state index contributed by atoms with van der Waals surface area (Å²) in [6, 6.07) is 8.67. The number of hydrogen-bond acceptors (Lipinski definition) is 6. The molecule has 0 fully saturated rings. The van der Waals surface area contributed by atoms with Crippen molar-refractivity contribution in [3.8, 4) is 0 Å². The number of aliphatic imine (C=N–C) groups is 1. The summed E-state index contributed by atoms with van der Waals surface area (Å²) in [5, 5.41) is 3.25. The predicted octanol–water partition coefficient (Wildman–Crippen LogP) is 3.66. The van der Waals surface area contributed by atoms with Crippen LogP contribution in [0, 0.1) is 6.92 Å². The zero-order chi connectivity index (χ0) is 25.1. The minimum atomic E-state index is -4.85. The van der Waals surface area contributed by atoms with Crippen LogP contribution in [0.3, 0.4) is 0 Å². The van der Waals surface area contributed by atoms with Gasteiger partial charge in [0, 0.05) is 24.3 Å². The molecule has 0 amide bonds. The molecule has 0 unspecified atom stereocenters. The Bertz CT molecular complexity index is 1440. The average Bonchev–Trinajstić information content (AvgIpc) is 2.76. The maximum atomic E-state index is 12.3. The van der Waals surface area contributed by atoms with Crippen LogP contribution in [0.4, 0.5) is 5.69 Å². The predicted molar refractivity (Wildman–Crippen MR) is 141 cm³/mol. The summed E-state index contributed by atoms with van der Waals surface area (Å²) in [5.74, 6) is 0. The molecule has 3 N–H and O–H groups in total. The number of benzene rings is 2. The van der Waals surface area contributed by atoms with E-state index < -0.39 is 30.0 Å². The van der Waals surface area contributed by atoms with Crippen LogP contribution in [0.15, 0.2) is 81.1 Å². The van der Waals surface area contributed by atoms with Gasteiger partial charge in [0.25, 0.3) is 20.2 Å². The van der Waals surface area contributed by atoms with Gasteiger partial charge in [0.2, 0.25) is 0 Å². The molecule has 0 radical (unpaired) electrons. The molecule has 0 aliphatic heterocycles. The zero-order valence-electron chi connectivity index (χ0n) is 19.0. The summed E-state index contributed by atoms with van der Waals surface area (Å²) in [4.78, 5) is 3.08. The van der Waals surface area contributed by atoms with Gasteiger partial charge < -0.3 is 5.32 Å². The number of rotatable bonds is 7. The molecular weight excluding hydrogens is 499 g/mol. The van der Waals surface area contributed by atoms with E-state index in [2.05, 4.69) is 10.3 Å². The summed E-state index contributed by atoms with van der Waals surface area (Å²) >= 11 is 0. The van der Waals surface area contributed by atoms with E-state index in [1.165, 1.54) is 6.07 Å². The fourth-order valence-electron chi connectivity index (χ4n) is 3.68. The van der Waals surface area contributed by atoms with Crippen LogP contribution >= 0.6 is 0 Å². The molecule has 0 spiro atoms. The van der Waals surface area contributed by atoms with Crippen molar-refractivity contribution in [2.24, 2.45) is 4.99 Å². The van der Waals surface area contributed by atoms with Crippen molar-refractivity contribution in [2.75, 3.05) is 18.4 Å². The van der Waals surface area contributed by atoms with Crippen LogP contribution < -0.4 is 5.32 Å². The van der Waals surface area contributed by atoms with E-state index >= 15 is 0 Å². The van der Waals surface area contributed by atoms with E-state index in [-0.39, 0.29) is 35.1 Å². The van der Waals surface area contributed by atoms with E-state index in [0.717, 1.165) is 35.6 Å². The second-order valence-electron chi connectivity index (χ2n) is 7.56. The fraction of sp³-hybridized carbons (Fsp3) is 0.208. The zero-order valence-corrected chi connectivity index (χ0v) is 20.6. The normalized spacial score (nSPS) is 13.4. The Morgan fingerprint density at radius 3 is 2.09 bits per heavy atom. The van der Waals surface area contributed by atoms with Crippen molar-refractivity contribution in [3.05, 3.63) is 83.0 Å². The SMILES string of the molecule is CCN=C1C=CC(=C(c2ccc(NCC)c(C)c2)c2ccc(S(=O)(=O)O)cc2S(=O)(=O)O)C=C1.[NaH]. The van der Waals surface area contributed by atoms with Gasteiger partial charge in [-0.05, 0) is 79.5 Å². The van der Waals surface area contributed by atoms with Crippen LogP contribution in [0.25, 0.3) is 5.57 Å². The van der Waals surface area contributed by atoms with Gasteiger partial charge >= 0.3 is 29.6 Å². The first-order chi connectivity index (χ1) is 16.0. The monoisotopic (exact) mass is 526 g/mol. The third kappa shape index (κ3) is 7.01. The van der Waals surface area contributed by atoms with Crippen LogP contribution in [0.2, 0.25) is 0 Å². The Kier molecular flexibility index (Phi) is 9.83. The first kappa shape index (κ1) is 29.2. The van der Waals surface area contributed by atoms with E-state index in [0.29, 0.717) is 23.3 Å². The number of nitrogens with one attached hydrogen (secondary N) is 1. The molecule has 182 valence electrons. The molecule has 2 aromatic carbocycles. The van der Waals surface area contributed by atoms with E-state index in [9.17, 15) is 25.9 Å². The second kappa shape index (κ2) is 11.8. The van der Waals surface area contributed by atoms with Crippen molar-refractivity contribution in [1.82, 2.24) is 0 Å². The van der Waals surface area contributed by atoms with Gasteiger partial charge in [0.05, 0.1) is 10.6 Å². The Balaban J connectivity index is 0.00000432. The molecule has 35 heavy (non-hydrogen) atoms.